The lowest BCUT2D eigenvalue weighted by Crippen LogP contribution is -2.50. The van der Waals surface area contributed by atoms with Crippen LogP contribution < -0.4 is 5.32 Å². The lowest BCUT2D eigenvalue weighted by Gasteiger charge is -2.37. The molecule has 2 fully saturated rings. The van der Waals surface area contributed by atoms with E-state index in [1.54, 1.807) is 6.07 Å². The molecule has 3 heterocycles. The van der Waals surface area contributed by atoms with Crippen molar-refractivity contribution >= 4 is 22.2 Å². The molecule has 23 heavy (non-hydrogen) atoms. The number of piperazine rings is 1. The molecule has 1 amide bonds. The third kappa shape index (κ3) is 4.07. The third-order valence-corrected chi connectivity index (χ3v) is 5.64. The fourth-order valence-electron chi connectivity index (χ4n) is 3.26. The van der Waals surface area contributed by atoms with Crippen molar-refractivity contribution in [2.75, 3.05) is 45.8 Å². The van der Waals surface area contributed by atoms with Crippen molar-refractivity contribution in [3.8, 4) is 0 Å². The number of nitrogens with zero attached hydrogens (tertiary/aromatic N) is 3. The van der Waals surface area contributed by atoms with Crippen LogP contribution in [0.3, 0.4) is 0 Å². The Kier molecular flexibility index (Phi) is 5.24. The van der Waals surface area contributed by atoms with Crippen LogP contribution in [0.2, 0.25) is 0 Å². The smallest absolute Gasteiger partial charge is 0.324 e. The molecular formula is C15H22N4O3S. The van der Waals surface area contributed by atoms with Gasteiger partial charge in [-0.1, -0.05) is 11.3 Å². The van der Waals surface area contributed by atoms with Gasteiger partial charge in [-0.05, 0) is 37.9 Å². The van der Waals surface area contributed by atoms with Crippen LogP contribution in [0.1, 0.15) is 22.5 Å². The van der Waals surface area contributed by atoms with Gasteiger partial charge in [0.15, 0.2) is 0 Å². The predicted octanol–water partition coefficient (Wildman–Crippen LogP) is 1.41. The maximum absolute atomic E-state index is 12.4. The van der Waals surface area contributed by atoms with Gasteiger partial charge >= 0.3 is 5.00 Å². The Hall–Kier alpha value is -1.51. The van der Waals surface area contributed by atoms with E-state index in [9.17, 15) is 14.9 Å². The number of hydrogen-bond acceptors (Lipinski definition) is 6. The third-order valence-electron chi connectivity index (χ3n) is 4.62. The lowest BCUT2D eigenvalue weighted by atomic mass is 9.97. The summed E-state index contributed by atoms with van der Waals surface area (Å²) in [6.45, 7) is 6.53. The second-order valence-electron chi connectivity index (χ2n) is 6.18. The molecule has 0 bridgehead atoms. The molecule has 0 atom stereocenters. The van der Waals surface area contributed by atoms with E-state index in [4.69, 9.17) is 0 Å². The molecule has 7 nitrogen and oxygen atoms in total. The minimum atomic E-state index is -0.446. The van der Waals surface area contributed by atoms with E-state index in [2.05, 4.69) is 10.2 Å². The number of piperidine rings is 1. The number of nitro groups is 1. The summed E-state index contributed by atoms with van der Waals surface area (Å²) in [6, 6.07) is 2.97. The first-order valence-corrected chi connectivity index (χ1v) is 8.91. The Morgan fingerprint density at radius 2 is 1.96 bits per heavy atom. The second-order valence-corrected chi connectivity index (χ2v) is 7.24. The summed E-state index contributed by atoms with van der Waals surface area (Å²) in [5.74, 6) is 0.683. The van der Waals surface area contributed by atoms with Gasteiger partial charge < -0.3 is 10.2 Å². The normalized spacial score (nSPS) is 20.6. The highest BCUT2D eigenvalue weighted by Crippen LogP contribution is 2.25. The Labute approximate surface area is 139 Å². The SMILES string of the molecule is O=C(c1ccc([N+](=O)[O-])s1)N1CCN(CC2CCNCC2)CC1. The molecule has 8 heteroatoms. The monoisotopic (exact) mass is 338 g/mol. The van der Waals surface area contributed by atoms with Gasteiger partial charge in [0.2, 0.25) is 0 Å². The van der Waals surface area contributed by atoms with Gasteiger partial charge in [0.25, 0.3) is 5.91 Å². The first-order valence-electron chi connectivity index (χ1n) is 8.10. The van der Waals surface area contributed by atoms with E-state index in [1.807, 2.05) is 4.90 Å². The van der Waals surface area contributed by atoms with Gasteiger partial charge in [0.1, 0.15) is 0 Å². The number of carbonyl (C=O) groups excluding carboxylic acids is 1. The van der Waals surface area contributed by atoms with Crippen LogP contribution >= 0.6 is 11.3 Å². The Bertz CT molecular complexity index is 563. The number of amides is 1. The Morgan fingerprint density at radius 3 is 2.57 bits per heavy atom. The maximum atomic E-state index is 12.4. The molecule has 1 N–H and O–H groups in total. The molecule has 2 saturated heterocycles. The maximum Gasteiger partial charge on any atom is 0.324 e. The number of thiophene rings is 1. The quantitative estimate of drug-likeness (QED) is 0.663. The molecule has 2 aliphatic heterocycles. The summed E-state index contributed by atoms with van der Waals surface area (Å²) in [7, 11) is 0. The number of hydrogen-bond donors (Lipinski definition) is 1. The standard InChI is InChI=1S/C15H22N4O3S/c20-15(13-1-2-14(23-13)19(21)22)18-9-7-17(8-10-18)11-12-3-5-16-6-4-12/h1-2,12,16H,3-11H2. The van der Waals surface area contributed by atoms with E-state index in [1.165, 1.54) is 18.9 Å². The molecule has 126 valence electrons. The highest BCUT2D eigenvalue weighted by Gasteiger charge is 2.26. The average molecular weight is 338 g/mol. The summed E-state index contributed by atoms with van der Waals surface area (Å²) in [6.07, 6.45) is 2.47. The summed E-state index contributed by atoms with van der Waals surface area (Å²) < 4.78 is 0. The largest absolute Gasteiger partial charge is 0.335 e. The van der Waals surface area contributed by atoms with E-state index < -0.39 is 4.92 Å². The van der Waals surface area contributed by atoms with Crippen molar-refractivity contribution in [2.24, 2.45) is 5.92 Å². The Morgan fingerprint density at radius 1 is 1.26 bits per heavy atom. The van der Waals surface area contributed by atoms with Crippen LogP contribution in [-0.4, -0.2) is 66.4 Å². The topological polar surface area (TPSA) is 78.7 Å². The zero-order valence-corrected chi connectivity index (χ0v) is 13.9. The minimum Gasteiger partial charge on any atom is -0.335 e. The van der Waals surface area contributed by atoms with Gasteiger partial charge in [-0.15, -0.1) is 0 Å². The van der Waals surface area contributed by atoms with Crippen LogP contribution in [-0.2, 0) is 0 Å². The van der Waals surface area contributed by atoms with Crippen LogP contribution in [0.4, 0.5) is 5.00 Å². The van der Waals surface area contributed by atoms with Gasteiger partial charge in [0, 0.05) is 38.8 Å². The fourth-order valence-corrected chi connectivity index (χ4v) is 4.05. The molecule has 0 saturated carbocycles. The lowest BCUT2D eigenvalue weighted by molar-refractivity contribution is -0.380. The molecule has 0 radical (unpaired) electrons. The van der Waals surface area contributed by atoms with Gasteiger partial charge in [0.05, 0.1) is 9.80 Å². The number of rotatable bonds is 4. The van der Waals surface area contributed by atoms with Crippen molar-refractivity contribution < 1.29 is 9.72 Å². The first kappa shape index (κ1) is 16.4. The molecule has 2 aliphatic rings. The molecule has 1 aromatic rings. The van der Waals surface area contributed by atoms with Crippen molar-refractivity contribution in [3.63, 3.8) is 0 Å². The van der Waals surface area contributed by atoms with E-state index in [-0.39, 0.29) is 10.9 Å². The van der Waals surface area contributed by atoms with Crippen LogP contribution in [0.15, 0.2) is 12.1 Å². The molecular weight excluding hydrogens is 316 g/mol. The van der Waals surface area contributed by atoms with E-state index >= 15 is 0 Å². The summed E-state index contributed by atoms with van der Waals surface area (Å²) >= 11 is 0.961. The molecule has 0 aliphatic carbocycles. The zero-order valence-electron chi connectivity index (χ0n) is 13.1. The van der Waals surface area contributed by atoms with Gasteiger partial charge in [-0.25, -0.2) is 0 Å². The highest BCUT2D eigenvalue weighted by molar-refractivity contribution is 7.17. The van der Waals surface area contributed by atoms with Crippen molar-refractivity contribution in [2.45, 2.75) is 12.8 Å². The van der Waals surface area contributed by atoms with Crippen molar-refractivity contribution in [3.05, 3.63) is 27.1 Å². The van der Waals surface area contributed by atoms with Gasteiger partial charge in [-0.2, -0.15) is 0 Å². The summed E-state index contributed by atoms with van der Waals surface area (Å²) in [5.41, 5.74) is 0. The molecule has 0 aromatic carbocycles. The zero-order chi connectivity index (χ0) is 16.2. The van der Waals surface area contributed by atoms with Crippen LogP contribution in [0, 0.1) is 16.0 Å². The molecule has 0 unspecified atom stereocenters. The van der Waals surface area contributed by atoms with Gasteiger partial charge in [-0.3, -0.25) is 19.8 Å². The van der Waals surface area contributed by atoms with E-state index in [0.717, 1.165) is 50.0 Å². The summed E-state index contributed by atoms with van der Waals surface area (Å²) in [5, 5.41) is 14.1. The van der Waals surface area contributed by atoms with Crippen LogP contribution in [0.5, 0.6) is 0 Å². The Balaban J connectivity index is 1.49. The highest BCUT2D eigenvalue weighted by atomic mass is 32.1. The van der Waals surface area contributed by atoms with Crippen LogP contribution in [0.25, 0.3) is 0 Å². The first-order chi connectivity index (χ1) is 11.1. The minimum absolute atomic E-state index is 0.0258. The van der Waals surface area contributed by atoms with Crippen molar-refractivity contribution in [1.82, 2.24) is 15.1 Å². The predicted molar refractivity (Wildman–Crippen MR) is 88.9 cm³/mol. The number of carbonyl (C=O) groups is 1. The molecule has 1 aromatic heterocycles. The molecule has 3 rings (SSSR count). The molecule has 0 spiro atoms. The summed E-state index contributed by atoms with van der Waals surface area (Å²) in [4.78, 5) is 27.4. The van der Waals surface area contributed by atoms with E-state index in [0.29, 0.717) is 18.0 Å². The average Bonchev–Trinajstić information content (AvgIpc) is 3.06. The second kappa shape index (κ2) is 7.37. The van der Waals surface area contributed by atoms with Crippen molar-refractivity contribution in [1.29, 1.82) is 0 Å². The fraction of sp³-hybridized carbons (Fsp3) is 0.667. The number of nitrogens with one attached hydrogen (secondary N) is 1.